The van der Waals surface area contributed by atoms with E-state index in [1.807, 2.05) is 34.9 Å². The Hall–Kier alpha value is -2.62. The number of carbonyl (C=O) groups excluding carboxylic acids is 1. The van der Waals surface area contributed by atoms with Crippen LogP contribution in [0, 0.1) is 5.82 Å². The van der Waals surface area contributed by atoms with Crippen molar-refractivity contribution in [1.29, 1.82) is 0 Å². The minimum atomic E-state index is -0.488. The second kappa shape index (κ2) is 4.81. The number of primary amides is 1. The van der Waals surface area contributed by atoms with Crippen molar-refractivity contribution in [2.24, 2.45) is 5.73 Å². The first kappa shape index (κ1) is 12.4. The predicted molar refractivity (Wildman–Crippen MR) is 76.0 cm³/mol. The van der Waals surface area contributed by atoms with Crippen LogP contribution in [0.15, 0.2) is 54.6 Å². The minimum Gasteiger partial charge on any atom is -0.364 e. The topological polar surface area (TPSA) is 48.0 Å². The third-order valence-electron chi connectivity index (χ3n) is 3.29. The van der Waals surface area contributed by atoms with Crippen LogP contribution < -0.4 is 5.73 Å². The van der Waals surface area contributed by atoms with E-state index in [0.717, 1.165) is 16.5 Å². The lowest BCUT2D eigenvalue weighted by molar-refractivity contribution is 0.0992. The third kappa shape index (κ3) is 2.16. The van der Waals surface area contributed by atoms with Gasteiger partial charge in [-0.05, 0) is 29.8 Å². The Balaban J connectivity index is 2.14. The first-order valence-corrected chi connectivity index (χ1v) is 6.27. The first-order valence-electron chi connectivity index (χ1n) is 6.27. The van der Waals surface area contributed by atoms with Gasteiger partial charge in [-0.3, -0.25) is 4.79 Å². The Kier molecular flexibility index (Phi) is 2.99. The fraction of sp³-hybridized carbons (Fsp3) is 0.0625. The van der Waals surface area contributed by atoms with Crippen molar-refractivity contribution in [3.05, 3.63) is 71.7 Å². The number of fused-ring (bicyclic) bond motifs is 1. The summed E-state index contributed by atoms with van der Waals surface area (Å²) in [4.78, 5) is 11.6. The van der Waals surface area contributed by atoms with Crippen molar-refractivity contribution in [2.45, 2.75) is 6.54 Å². The summed E-state index contributed by atoms with van der Waals surface area (Å²) in [7, 11) is 0. The van der Waals surface area contributed by atoms with E-state index in [4.69, 9.17) is 5.73 Å². The van der Waals surface area contributed by atoms with Gasteiger partial charge in [0.1, 0.15) is 11.5 Å². The fourth-order valence-electron chi connectivity index (χ4n) is 2.40. The maximum absolute atomic E-state index is 13.3. The minimum absolute atomic E-state index is 0.292. The van der Waals surface area contributed by atoms with E-state index in [2.05, 4.69) is 0 Å². The maximum Gasteiger partial charge on any atom is 0.265 e. The number of nitrogens with zero attached hydrogens (tertiary/aromatic N) is 1. The molecular weight excluding hydrogens is 255 g/mol. The summed E-state index contributed by atoms with van der Waals surface area (Å²) in [6.07, 6.45) is 0. The Bertz CT molecular complexity index is 792. The highest BCUT2D eigenvalue weighted by Gasteiger charge is 2.13. The summed E-state index contributed by atoms with van der Waals surface area (Å²) in [5.41, 5.74) is 7.55. The van der Waals surface area contributed by atoms with Crippen LogP contribution in [0.4, 0.5) is 4.39 Å². The van der Waals surface area contributed by atoms with Crippen LogP contribution in [-0.2, 0) is 6.54 Å². The largest absolute Gasteiger partial charge is 0.364 e. The van der Waals surface area contributed by atoms with Crippen LogP contribution in [0.5, 0.6) is 0 Å². The van der Waals surface area contributed by atoms with E-state index in [0.29, 0.717) is 12.2 Å². The predicted octanol–water partition coefficient (Wildman–Crippen LogP) is 2.93. The van der Waals surface area contributed by atoms with Crippen molar-refractivity contribution in [2.75, 3.05) is 0 Å². The van der Waals surface area contributed by atoms with Gasteiger partial charge in [0.05, 0.1) is 0 Å². The third-order valence-corrected chi connectivity index (χ3v) is 3.29. The van der Waals surface area contributed by atoms with Gasteiger partial charge in [0.15, 0.2) is 0 Å². The van der Waals surface area contributed by atoms with Crippen LogP contribution in [0.3, 0.4) is 0 Å². The summed E-state index contributed by atoms with van der Waals surface area (Å²) in [5.74, 6) is -0.780. The van der Waals surface area contributed by atoms with Crippen molar-refractivity contribution < 1.29 is 9.18 Å². The molecule has 0 atom stereocenters. The molecule has 0 aliphatic carbocycles. The molecule has 20 heavy (non-hydrogen) atoms. The van der Waals surface area contributed by atoms with E-state index in [-0.39, 0.29) is 5.82 Å². The summed E-state index contributed by atoms with van der Waals surface area (Å²) < 4.78 is 15.1. The van der Waals surface area contributed by atoms with Crippen molar-refractivity contribution >= 4 is 16.8 Å². The molecule has 0 fully saturated rings. The Labute approximate surface area is 115 Å². The van der Waals surface area contributed by atoms with Crippen molar-refractivity contribution in [3.8, 4) is 0 Å². The number of aromatic nitrogens is 1. The molecule has 0 saturated heterocycles. The molecule has 1 aromatic heterocycles. The highest BCUT2D eigenvalue weighted by Crippen LogP contribution is 2.21. The lowest BCUT2D eigenvalue weighted by Crippen LogP contribution is -2.17. The molecule has 2 N–H and O–H groups in total. The molecule has 0 spiro atoms. The molecule has 1 heterocycles. The fourth-order valence-corrected chi connectivity index (χ4v) is 2.40. The quantitative estimate of drug-likeness (QED) is 0.780. The van der Waals surface area contributed by atoms with Gasteiger partial charge in [-0.25, -0.2) is 4.39 Å². The highest BCUT2D eigenvalue weighted by atomic mass is 19.1. The number of benzene rings is 2. The average Bonchev–Trinajstić information content (AvgIpc) is 2.78. The monoisotopic (exact) mass is 268 g/mol. The summed E-state index contributed by atoms with van der Waals surface area (Å²) in [6.45, 7) is 0.406. The Morgan fingerprint density at radius 2 is 1.90 bits per heavy atom. The molecule has 3 aromatic rings. The van der Waals surface area contributed by atoms with Crippen molar-refractivity contribution in [1.82, 2.24) is 4.57 Å². The van der Waals surface area contributed by atoms with Crippen LogP contribution in [0.2, 0.25) is 0 Å². The standard InChI is InChI=1S/C16H13FN2O/c17-13-6-3-4-11(8-13)10-19-14-7-2-1-5-12(14)9-15(19)16(18)20/h1-9H,10H2,(H2,18,20). The second-order valence-electron chi connectivity index (χ2n) is 4.67. The molecule has 0 aliphatic rings. The SMILES string of the molecule is NC(=O)c1cc2ccccc2n1Cc1cccc(F)c1. The number of halogens is 1. The number of rotatable bonds is 3. The van der Waals surface area contributed by atoms with Crippen LogP contribution >= 0.6 is 0 Å². The Morgan fingerprint density at radius 1 is 1.10 bits per heavy atom. The van der Waals surface area contributed by atoms with Gasteiger partial charge in [-0.15, -0.1) is 0 Å². The maximum atomic E-state index is 13.3. The first-order chi connectivity index (χ1) is 9.65. The lowest BCUT2D eigenvalue weighted by atomic mass is 10.2. The zero-order valence-electron chi connectivity index (χ0n) is 10.7. The Morgan fingerprint density at radius 3 is 2.65 bits per heavy atom. The number of nitrogens with two attached hydrogens (primary N) is 1. The molecule has 0 bridgehead atoms. The van der Waals surface area contributed by atoms with Crippen LogP contribution in [-0.4, -0.2) is 10.5 Å². The second-order valence-corrected chi connectivity index (χ2v) is 4.67. The molecule has 3 rings (SSSR count). The van der Waals surface area contributed by atoms with Crippen molar-refractivity contribution in [3.63, 3.8) is 0 Å². The summed E-state index contributed by atoms with van der Waals surface area (Å²) >= 11 is 0. The molecule has 0 aliphatic heterocycles. The smallest absolute Gasteiger partial charge is 0.265 e. The number of hydrogen-bond donors (Lipinski definition) is 1. The van der Waals surface area contributed by atoms with Gasteiger partial charge in [0.2, 0.25) is 0 Å². The summed E-state index contributed by atoms with van der Waals surface area (Å²) in [5, 5.41) is 0.942. The van der Waals surface area contributed by atoms with E-state index in [9.17, 15) is 9.18 Å². The van der Waals surface area contributed by atoms with Crippen LogP contribution in [0.1, 0.15) is 16.1 Å². The number of hydrogen-bond acceptors (Lipinski definition) is 1. The average molecular weight is 268 g/mol. The van der Waals surface area contributed by atoms with E-state index >= 15 is 0 Å². The molecule has 1 amide bonds. The summed E-state index contributed by atoms with van der Waals surface area (Å²) in [6, 6.07) is 15.7. The van der Waals surface area contributed by atoms with Gasteiger partial charge in [-0.1, -0.05) is 30.3 Å². The van der Waals surface area contributed by atoms with Crippen LogP contribution in [0.25, 0.3) is 10.9 Å². The lowest BCUT2D eigenvalue weighted by Gasteiger charge is -2.09. The van der Waals surface area contributed by atoms with Gasteiger partial charge in [-0.2, -0.15) is 0 Å². The number of amides is 1. The van der Waals surface area contributed by atoms with Gasteiger partial charge in [0, 0.05) is 17.4 Å². The molecule has 0 radical (unpaired) electrons. The van der Waals surface area contributed by atoms with Gasteiger partial charge in [0.25, 0.3) is 5.91 Å². The molecular formula is C16H13FN2O. The normalized spacial score (nSPS) is 10.8. The molecule has 0 unspecified atom stereocenters. The molecule has 2 aromatic carbocycles. The van der Waals surface area contributed by atoms with Gasteiger partial charge < -0.3 is 10.3 Å². The molecule has 3 nitrogen and oxygen atoms in total. The number of carbonyl (C=O) groups is 1. The van der Waals surface area contributed by atoms with E-state index in [1.54, 1.807) is 12.1 Å². The zero-order valence-corrected chi connectivity index (χ0v) is 10.7. The molecule has 0 saturated carbocycles. The van der Waals surface area contributed by atoms with Gasteiger partial charge >= 0.3 is 0 Å². The molecule has 100 valence electrons. The van der Waals surface area contributed by atoms with E-state index in [1.165, 1.54) is 12.1 Å². The highest BCUT2D eigenvalue weighted by molar-refractivity contribution is 5.97. The molecule has 4 heteroatoms. The van der Waals surface area contributed by atoms with E-state index < -0.39 is 5.91 Å². The number of para-hydroxylation sites is 1. The zero-order chi connectivity index (χ0) is 14.1.